The van der Waals surface area contributed by atoms with Crippen molar-refractivity contribution < 1.29 is 14.3 Å². The van der Waals surface area contributed by atoms with Crippen LogP contribution in [0.15, 0.2) is 18.2 Å². The van der Waals surface area contributed by atoms with E-state index in [4.69, 9.17) is 16.2 Å². The second kappa shape index (κ2) is 7.49. The molecule has 21 heavy (non-hydrogen) atoms. The van der Waals surface area contributed by atoms with Crippen molar-refractivity contribution in [1.29, 1.82) is 0 Å². The predicted molar refractivity (Wildman–Crippen MR) is 81.9 cm³/mol. The summed E-state index contributed by atoms with van der Waals surface area (Å²) in [5, 5.41) is 2.72. The van der Waals surface area contributed by atoms with Gasteiger partial charge in [-0.1, -0.05) is 0 Å². The maximum Gasteiger partial charge on any atom is 0.238 e. The van der Waals surface area contributed by atoms with Crippen LogP contribution in [0.25, 0.3) is 0 Å². The number of nitrogen functional groups attached to an aromatic ring is 1. The number of hydrogen-bond acceptors (Lipinski definition) is 5. The number of methoxy groups -OCH3 is 1. The smallest absolute Gasteiger partial charge is 0.238 e. The zero-order valence-corrected chi connectivity index (χ0v) is 12.6. The van der Waals surface area contributed by atoms with Crippen LogP contribution in [0.4, 0.5) is 11.4 Å². The second-order valence-electron chi connectivity index (χ2n) is 4.97. The van der Waals surface area contributed by atoms with Crippen molar-refractivity contribution >= 4 is 23.2 Å². The highest BCUT2D eigenvalue weighted by atomic mass is 16.5. The Hall–Kier alpha value is -2.28. The first kappa shape index (κ1) is 16.8. The Kier molecular flexibility index (Phi) is 5.98. The van der Waals surface area contributed by atoms with E-state index in [2.05, 4.69) is 5.32 Å². The molecule has 7 nitrogen and oxygen atoms in total. The molecule has 1 aromatic carbocycles. The van der Waals surface area contributed by atoms with E-state index in [-0.39, 0.29) is 25.0 Å². The molecule has 0 fully saturated rings. The summed E-state index contributed by atoms with van der Waals surface area (Å²) in [5.74, 6) is -0.226. The van der Waals surface area contributed by atoms with Gasteiger partial charge in [-0.05, 0) is 32.0 Å². The van der Waals surface area contributed by atoms with E-state index in [1.807, 2.05) is 13.8 Å². The van der Waals surface area contributed by atoms with Crippen molar-refractivity contribution in [2.75, 3.05) is 31.2 Å². The van der Waals surface area contributed by atoms with Gasteiger partial charge >= 0.3 is 0 Å². The highest BCUT2D eigenvalue weighted by Crippen LogP contribution is 2.26. The number of carbonyl (C=O) groups excluding carboxylic acids is 2. The van der Waals surface area contributed by atoms with Crippen molar-refractivity contribution in [2.24, 2.45) is 5.73 Å². The number of carbonyl (C=O) groups is 2. The number of hydrogen-bond donors (Lipinski definition) is 3. The van der Waals surface area contributed by atoms with Crippen molar-refractivity contribution in [3.63, 3.8) is 0 Å². The molecule has 1 aromatic rings. The molecular formula is C14H22N4O3. The van der Waals surface area contributed by atoms with E-state index < -0.39 is 5.91 Å². The molecule has 0 spiro atoms. The first-order valence-electron chi connectivity index (χ1n) is 6.59. The van der Waals surface area contributed by atoms with Crippen molar-refractivity contribution in [1.82, 2.24) is 4.90 Å². The third-order valence-electron chi connectivity index (χ3n) is 2.93. The summed E-state index contributed by atoms with van der Waals surface area (Å²) >= 11 is 0. The number of ether oxygens (including phenoxy) is 1. The third kappa shape index (κ3) is 5.31. The minimum Gasteiger partial charge on any atom is -0.495 e. The van der Waals surface area contributed by atoms with Gasteiger partial charge in [0.15, 0.2) is 0 Å². The van der Waals surface area contributed by atoms with Crippen molar-refractivity contribution in [2.45, 2.75) is 19.9 Å². The van der Waals surface area contributed by atoms with Crippen LogP contribution in [0.3, 0.4) is 0 Å². The first-order chi connectivity index (χ1) is 9.83. The van der Waals surface area contributed by atoms with E-state index >= 15 is 0 Å². The molecule has 0 saturated carbocycles. The summed E-state index contributed by atoms with van der Waals surface area (Å²) in [4.78, 5) is 24.8. The van der Waals surface area contributed by atoms with E-state index in [9.17, 15) is 9.59 Å². The zero-order valence-electron chi connectivity index (χ0n) is 12.6. The average Bonchev–Trinajstić information content (AvgIpc) is 2.37. The van der Waals surface area contributed by atoms with E-state index in [0.29, 0.717) is 17.1 Å². The molecule has 0 aliphatic heterocycles. The molecule has 0 aromatic heterocycles. The summed E-state index contributed by atoms with van der Waals surface area (Å²) < 4.78 is 5.16. The topological polar surface area (TPSA) is 111 Å². The molecule has 0 saturated heterocycles. The van der Waals surface area contributed by atoms with E-state index in [1.165, 1.54) is 7.11 Å². The number of amides is 2. The van der Waals surface area contributed by atoms with Gasteiger partial charge in [0.25, 0.3) is 0 Å². The molecule has 0 unspecified atom stereocenters. The van der Waals surface area contributed by atoms with E-state index in [0.717, 1.165) is 0 Å². The highest BCUT2D eigenvalue weighted by Gasteiger charge is 2.17. The molecular weight excluding hydrogens is 272 g/mol. The standard InChI is InChI=1S/C14H22N4O3/c1-9(2)18(7-13(16)19)8-14(20)17-11-6-10(15)4-5-12(11)21-3/h4-6,9H,7-8,15H2,1-3H3,(H2,16,19)(H,17,20). The fourth-order valence-electron chi connectivity index (χ4n) is 1.82. The summed E-state index contributed by atoms with van der Waals surface area (Å²) in [7, 11) is 1.51. The summed E-state index contributed by atoms with van der Waals surface area (Å²) in [5.41, 5.74) is 11.9. The van der Waals surface area contributed by atoms with Gasteiger partial charge in [0.1, 0.15) is 5.75 Å². The van der Waals surface area contributed by atoms with Gasteiger partial charge in [-0.25, -0.2) is 0 Å². The second-order valence-corrected chi connectivity index (χ2v) is 4.97. The monoisotopic (exact) mass is 294 g/mol. The normalized spacial score (nSPS) is 10.7. The van der Waals surface area contributed by atoms with Crippen LogP contribution in [0.5, 0.6) is 5.75 Å². The number of rotatable bonds is 7. The van der Waals surface area contributed by atoms with Crippen LogP contribution in [-0.2, 0) is 9.59 Å². The molecule has 2 amide bonds. The minimum absolute atomic E-state index is 0.0194. The fourth-order valence-corrected chi connectivity index (χ4v) is 1.82. The summed E-state index contributed by atoms with van der Waals surface area (Å²) in [6.07, 6.45) is 0. The Bertz CT molecular complexity index is 517. The molecule has 116 valence electrons. The minimum atomic E-state index is -0.474. The Morgan fingerprint density at radius 1 is 1.33 bits per heavy atom. The molecule has 0 aliphatic rings. The van der Waals surface area contributed by atoms with Gasteiger partial charge in [-0.15, -0.1) is 0 Å². The first-order valence-corrected chi connectivity index (χ1v) is 6.59. The maximum absolute atomic E-state index is 12.1. The number of nitrogens with zero attached hydrogens (tertiary/aromatic N) is 1. The molecule has 5 N–H and O–H groups in total. The molecule has 0 atom stereocenters. The van der Waals surface area contributed by atoms with Crippen LogP contribution < -0.4 is 21.5 Å². The number of benzene rings is 1. The van der Waals surface area contributed by atoms with Crippen LogP contribution in [0, 0.1) is 0 Å². The molecule has 0 heterocycles. The van der Waals surface area contributed by atoms with Crippen LogP contribution in [-0.4, -0.2) is 43.0 Å². The Morgan fingerprint density at radius 3 is 2.52 bits per heavy atom. The highest BCUT2D eigenvalue weighted by molar-refractivity contribution is 5.94. The van der Waals surface area contributed by atoms with E-state index in [1.54, 1.807) is 23.1 Å². The summed E-state index contributed by atoms with van der Waals surface area (Å²) in [6, 6.07) is 4.99. The maximum atomic E-state index is 12.1. The van der Waals surface area contributed by atoms with Gasteiger partial charge in [0, 0.05) is 11.7 Å². The summed E-state index contributed by atoms with van der Waals surface area (Å²) in [6.45, 7) is 3.85. The fraction of sp³-hybridized carbons (Fsp3) is 0.429. The molecule has 0 aliphatic carbocycles. The van der Waals surface area contributed by atoms with Crippen molar-refractivity contribution in [3.8, 4) is 5.75 Å². The Balaban J connectivity index is 2.76. The van der Waals surface area contributed by atoms with Gasteiger partial charge in [-0.2, -0.15) is 0 Å². The largest absolute Gasteiger partial charge is 0.495 e. The predicted octanol–water partition coefficient (Wildman–Crippen LogP) is 0.412. The quantitative estimate of drug-likeness (QED) is 0.631. The lowest BCUT2D eigenvalue weighted by Gasteiger charge is -2.24. The SMILES string of the molecule is COc1ccc(N)cc1NC(=O)CN(CC(N)=O)C(C)C. The van der Waals surface area contributed by atoms with Crippen LogP contribution >= 0.6 is 0 Å². The number of nitrogens with one attached hydrogen (secondary N) is 1. The van der Waals surface area contributed by atoms with Gasteiger partial charge in [0.2, 0.25) is 11.8 Å². The lowest BCUT2D eigenvalue weighted by Crippen LogP contribution is -2.43. The molecule has 0 bridgehead atoms. The Morgan fingerprint density at radius 2 is 2.00 bits per heavy atom. The molecule has 7 heteroatoms. The van der Waals surface area contributed by atoms with Gasteiger partial charge < -0.3 is 21.5 Å². The van der Waals surface area contributed by atoms with Crippen molar-refractivity contribution in [3.05, 3.63) is 18.2 Å². The van der Waals surface area contributed by atoms with Crippen LogP contribution in [0.2, 0.25) is 0 Å². The lowest BCUT2D eigenvalue weighted by molar-refractivity contribution is -0.121. The zero-order chi connectivity index (χ0) is 16.0. The third-order valence-corrected chi connectivity index (χ3v) is 2.93. The molecule has 0 radical (unpaired) electrons. The number of primary amides is 1. The lowest BCUT2D eigenvalue weighted by atomic mass is 10.2. The average molecular weight is 294 g/mol. The molecule has 1 rings (SSSR count). The van der Waals surface area contributed by atoms with Gasteiger partial charge in [-0.3, -0.25) is 14.5 Å². The van der Waals surface area contributed by atoms with Gasteiger partial charge in [0.05, 0.1) is 25.9 Å². The van der Waals surface area contributed by atoms with Crippen LogP contribution in [0.1, 0.15) is 13.8 Å². The number of nitrogens with two attached hydrogens (primary N) is 2. The number of anilines is 2. The Labute approximate surface area is 124 Å².